The highest BCUT2D eigenvalue weighted by molar-refractivity contribution is 6.30. The number of rotatable bonds is 6. The fourth-order valence-corrected chi connectivity index (χ4v) is 4.51. The maximum absolute atomic E-state index is 6.04. The molecule has 1 aliphatic rings. The molecule has 2 nitrogen and oxygen atoms in total. The summed E-state index contributed by atoms with van der Waals surface area (Å²) >= 11 is 6.01. The zero-order chi connectivity index (χ0) is 19.5. The van der Waals surface area contributed by atoms with Gasteiger partial charge in [-0.2, -0.15) is 0 Å². The van der Waals surface area contributed by atoms with Crippen molar-refractivity contribution >= 4 is 24.0 Å². The first-order chi connectivity index (χ1) is 12.8. The molecule has 0 radical (unpaired) electrons. The minimum Gasteiger partial charge on any atom is -0.376 e. The minimum absolute atomic E-state index is 0. The van der Waals surface area contributed by atoms with Gasteiger partial charge in [-0.15, -0.1) is 12.4 Å². The normalized spacial score (nSPS) is 22.3. The van der Waals surface area contributed by atoms with Crippen LogP contribution in [0.15, 0.2) is 48.5 Å². The van der Waals surface area contributed by atoms with Crippen LogP contribution in [-0.4, -0.2) is 18.8 Å². The lowest BCUT2D eigenvalue weighted by atomic mass is 9.67. The molecule has 4 heteroatoms. The van der Waals surface area contributed by atoms with Crippen LogP contribution in [0.3, 0.4) is 0 Å². The number of nitrogens with one attached hydrogen (secondary N) is 1. The predicted octanol–water partition coefficient (Wildman–Crippen LogP) is 6.64. The number of aryl methyl sites for hydroxylation is 1. The third kappa shape index (κ3) is 5.73. The maximum atomic E-state index is 6.04. The van der Waals surface area contributed by atoms with Crippen molar-refractivity contribution in [2.24, 2.45) is 0 Å². The van der Waals surface area contributed by atoms with Crippen LogP contribution < -0.4 is 5.32 Å². The maximum Gasteiger partial charge on any atom is 0.0635 e. The highest BCUT2D eigenvalue weighted by Crippen LogP contribution is 2.44. The van der Waals surface area contributed by atoms with Gasteiger partial charge in [0.1, 0.15) is 0 Å². The molecule has 28 heavy (non-hydrogen) atoms. The van der Waals surface area contributed by atoms with Crippen LogP contribution in [0.2, 0.25) is 5.02 Å². The number of halogens is 2. The molecule has 2 aromatic carbocycles. The zero-order valence-electron chi connectivity index (χ0n) is 17.4. The van der Waals surface area contributed by atoms with Gasteiger partial charge in [0.2, 0.25) is 0 Å². The van der Waals surface area contributed by atoms with E-state index in [-0.39, 0.29) is 23.4 Å². The molecule has 154 valence electrons. The van der Waals surface area contributed by atoms with E-state index < -0.39 is 0 Å². The minimum atomic E-state index is -0.0784. The Labute approximate surface area is 181 Å². The molecule has 0 spiro atoms. The van der Waals surface area contributed by atoms with Crippen molar-refractivity contribution in [3.05, 3.63) is 70.2 Å². The lowest BCUT2D eigenvalue weighted by Crippen LogP contribution is -2.45. The Hall–Kier alpha value is -1.06. The molecule has 1 aliphatic heterocycles. The predicted molar refractivity (Wildman–Crippen MR) is 122 cm³/mol. The average molecular weight is 422 g/mol. The Kier molecular flexibility index (Phi) is 7.98. The van der Waals surface area contributed by atoms with Crippen molar-refractivity contribution in [3.8, 4) is 0 Å². The summed E-state index contributed by atoms with van der Waals surface area (Å²) in [4.78, 5) is 0. The molecule has 1 N–H and O–H groups in total. The van der Waals surface area contributed by atoms with E-state index in [1.807, 2.05) is 12.1 Å². The van der Waals surface area contributed by atoms with Gasteiger partial charge in [0.05, 0.1) is 5.60 Å². The summed E-state index contributed by atoms with van der Waals surface area (Å²) in [6.45, 7) is 10.6. The van der Waals surface area contributed by atoms with E-state index in [1.54, 1.807) is 0 Å². The van der Waals surface area contributed by atoms with Gasteiger partial charge >= 0.3 is 0 Å². The molecule has 0 aliphatic carbocycles. The number of benzene rings is 2. The summed E-state index contributed by atoms with van der Waals surface area (Å²) < 4.78 is 6.04. The van der Waals surface area contributed by atoms with Crippen molar-refractivity contribution in [1.29, 1.82) is 0 Å². The topological polar surface area (TPSA) is 21.3 Å². The molecular weight excluding hydrogens is 389 g/mol. The fourth-order valence-electron chi connectivity index (χ4n) is 4.39. The first kappa shape index (κ1) is 23.2. The molecule has 0 amide bonds. The monoisotopic (exact) mass is 421 g/mol. The van der Waals surface area contributed by atoms with Crippen LogP contribution in [0.25, 0.3) is 0 Å². The summed E-state index contributed by atoms with van der Waals surface area (Å²) in [5.41, 5.74) is 4.13. The van der Waals surface area contributed by atoms with Gasteiger partial charge in [0, 0.05) is 23.1 Å². The van der Waals surface area contributed by atoms with Crippen LogP contribution in [0, 0.1) is 6.92 Å². The summed E-state index contributed by atoms with van der Waals surface area (Å²) in [6, 6.07) is 17.6. The Morgan fingerprint density at radius 1 is 1.07 bits per heavy atom. The van der Waals surface area contributed by atoms with E-state index in [0.29, 0.717) is 6.04 Å². The van der Waals surface area contributed by atoms with Gasteiger partial charge in [-0.1, -0.05) is 53.6 Å². The van der Waals surface area contributed by atoms with E-state index >= 15 is 0 Å². The molecular formula is C24H33Cl2NO. The first-order valence-corrected chi connectivity index (χ1v) is 10.4. The fraction of sp³-hybridized carbons (Fsp3) is 0.500. The van der Waals surface area contributed by atoms with Gasteiger partial charge in [-0.25, -0.2) is 0 Å². The van der Waals surface area contributed by atoms with Gasteiger partial charge in [0.15, 0.2) is 0 Å². The van der Waals surface area contributed by atoms with Crippen molar-refractivity contribution < 1.29 is 4.74 Å². The largest absolute Gasteiger partial charge is 0.376 e. The van der Waals surface area contributed by atoms with Gasteiger partial charge in [-0.3, -0.25) is 0 Å². The van der Waals surface area contributed by atoms with Gasteiger partial charge in [-0.05, 0) is 76.8 Å². The van der Waals surface area contributed by atoms with Crippen LogP contribution in [0.5, 0.6) is 0 Å². The second-order valence-electron chi connectivity index (χ2n) is 8.66. The third-order valence-corrected chi connectivity index (χ3v) is 6.18. The second-order valence-corrected chi connectivity index (χ2v) is 9.10. The summed E-state index contributed by atoms with van der Waals surface area (Å²) in [6.07, 6.45) is 3.25. The number of hydrogen-bond acceptors (Lipinski definition) is 2. The van der Waals surface area contributed by atoms with Crippen LogP contribution in [0.4, 0.5) is 0 Å². The lowest BCUT2D eigenvalue weighted by molar-refractivity contribution is -0.0840. The highest BCUT2D eigenvalue weighted by atomic mass is 35.5. The molecule has 0 saturated carbocycles. The summed E-state index contributed by atoms with van der Waals surface area (Å²) in [5, 5.41) is 4.50. The van der Waals surface area contributed by atoms with E-state index in [4.69, 9.17) is 16.3 Å². The van der Waals surface area contributed by atoms with Crippen molar-refractivity contribution in [1.82, 2.24) is 5.32 Å². The average Bonchev–Trinajstić information content (AvgIpc) is 2.62. The summed E-state index contributed by atoms with van der Waals surface area (Å²) in [7, 11) is 0. The van der Waals surface area contributed by atoms with Crippen LogP contribution >= 0.6 is 24.0 Å². The molecule has 1 saturated heterocycles. The Balaban J connectivity index is 0.00000280. The highest BCUT2D eigenvalue weighted by Gasteiger charge is 2.41. The lowest BCUT2D eigenvalue weighted by Gasteiger charge is -2.46. The molecule has 2 aromatic rings. The molecule has 0 aromatic heterocycles. The molecule has 1 heterocycles. The SMILES string of the molecule is Cc1ccc(C2(CCNC(C)c3ccc(Cl)cc3)CCOC(C)(C)C2)cc1.Cl. The third-order valence-electron chi connectivity index (χ3n) is 5.93. The van der Waals surface area contributed by atoms with E-state index in [9.17, 15) is 0 Å². The molecule has 2 atom stereocenters. The number of ether oxygens (including phenoxy) is 1. The molecule has 1 fully saturated rings. The molecule has 3 rings (SSSR count). The Morgan fingerprint density at radius 2 is 1.71 bits per heavy atom. The van der Waals surface area contributed by atoms with E-state index in [0.717, 1.165) is 37.4 Å². The molecule has 0 bridgehead atoms. The smallest absolute Gasteiger partial charge is 0.0635 e. The zero-order valence-corrected chi connectivity index (χ0v) is 19.0. The van der Waals surface area contributed by atoms with E-state index in [2.05, 4.69) is 69.4 Å². The van der Waals surface area contributed by atoms with E-state index in [1.165, 1.54) is 16.7 Å². The van der Waals surface area contributed by atoms with Crippen LogP contribution in [0.1, 0.15) is 62.8 Å². The second kappa shape index (κ2) is 9.63. The van der Waals surface area contributed by atoms with Crippen molar-refractivity contribution in [2.75, 3.05) is 13.2 Å². The van der Waals surface area contributed by atoms with Crippen molar-refractivity contribution in [3.63, 3.8) is 0 Å². The van der Waals surface area contributed by atoms with Crippen LogP contribution in [-0.2, 0) is 10.2 Å². The van der Waals surface area contributed by atoms with Crippen molar-refractivity contribution in [2.45, 2.75) is 64.0 Å². The Morgan fingerprint density at radius 3 is 2.32 bits per heavy atom. The molecule has 2 unspecified atom stereocenters. The quantitative estimate of drug-likeness (QED) is 0.564. The standard InChI is InChI=1S/C24H32ClNO.ClH/c1-18-5-9-21(10-6-18)24(14-16-27-23(3,4)17-24)13-15-26-19(2)20-7-11-22(25)12-8-20;/h5-12,19,26H,13-17H2,1-4H3;1H. The van der Waals surface area contributed by atoms with Gasteiger partial charge in [0.25, 0.3) is 0 Å². The van der Waals surface area contributed by atoms with Gasteiger partial charge < -0.3 is 10.1 Å². The Bertz CT molecular complexity index is 742. The summed E-state index contributed by atoms with van der Waals surface area (Å²) in [5.74, 6) is 0. The number of hydrogen-bond donors (Lipinski definition) is 1. The first-order valence-electron chi connectivity index (χ1n) is 10.00.